The molecule has 1 aliphatic rings. The molecule has 1 N–H and O–H groups in total. The van der Waals surface area contributed by atoms with E-state index in [1.54, 1.807) is 14.2 Å². The highest BCUT2D eigenvalue weighted by molar-refractivity contribution is 7.80. The lowest BCUT2D eigenvalue weighted by Gasteiger charge is -2.24. The monoisotopic (exact) mass is 1880 g/mol. The van der Waals surface area contributed by atoms with E-state index in [1.807, 2.05) is 86.6 Å². The van der Waals surface area contributed by atoms with Crippen molar-refractivity contribution in [2.75, 3.05) is 38.9 Å². The number of aryl methyl sites for hydroxylation is 5. The number of nitrogens with one attached hydrogen (secondary N) is 1. The fraction of sp³-hybridized carbons (Fsp3) is 0.431. The highest BCUT2D eigenvalue weighted by Gasteiger charge is 2.17. The predicted octanol–water partition coefficient (Wildman–Crippen LogP) is 37.9. The molecule has 2 heterocycles. The lowest BCUT2D eigenvalue weighted by Crippen LogP contribution is -2.12. The summed E-state index contributed by atoms with van der Waals surface area (Å²) in [5, 5.41) is 3.57. The molecule has 730 valence electrons. The summed E-state index contributed by atoms with van der Waals surface area (Å²) in [6.07, 6.45) is 11.8. The molecule has 1 saturated carbocycles. The second kappa shape index (κ2) is 65.3. The van der Waals surface area contributed by atoms with Crippen LogP contribution in [0.25, 0.3) is 21.8 Å². The first-order valence-electron chi connectivity index (χ1n) is 49.0. The van der Waals surface area contributed by atoms with Gasteiger partial charge in [0.1, 0.15) is 34.6 Å². The maximum atomic E-state index is 12.5. The zero-order chi connectivity index (χ0) is 100. The van der Waals surface area contributed by atoms with E-state index in [4.69, 9.17) is 30.5 Å². The van der Waals surface area contributed by atoms with E-state index >= 15 is 0 Å². The number of ether oxygens (including phenoxy) is 4. The molecule has 2 aromatic heterocycles. The molecule has 11 aromatic carbocycles. The number of halogens is 3. The molecule has 6 nitrogen and oxygen atoms in total. The van der Waals surface area contributed by atoms with Crippen LogP contribution in [0.15, 0.2) is 267 Å². The second-order valence-electron chi connectivity index (χ2n) is 38.7. The summed E-state index contributed by atoms with van der Waals surface area (Å²) in [7, 11) is 5.50. The van der Waals surface area contributed by atoms with E-state index in [0.29, 0.717) is 78.0 Å². The first-order valence-corrected chi connectivity index (χ1v) is 50.7. The van der Waals surface area contributed by atoms with Gasteiger partial charge in [0.25, 0.3) is 0 Å². The fourth-order valence-corrected chi connectivity index (χ4v) is 15.1. The number of hydrogen-bond acceptors (Lipinski definition) is 6. The summed E-state index contributed by atoms with van der Waals surface area (Å²) < 4.78 is 48.5. The van der Waals surface area contributed by atoms with Gasteiger partial charge < -0.3 is 28.5 Å². The van der Waals surface area contributed by atoms with Crippen molar-refractivity contribution in [2.45, 2.75) is 291 Å². The van der Waals surface area contributed by atoms with Crippen molar-refractivity contribution < 1.29 is 27.7 Å². The van der Waals surface area contributed by atoms with Crippen molar-refractivity contribution in [3.63, 3.8) is 0 Å². The summed E-state index contributed by atoms with van der Waals surface area (Å²) in [5.41, 5.74) is 22.4. The fourth-order valence-electron chi connectivity index (χ4n) is 14.8. The normalized spacial score (nSPS) is 11.4. The Morgan fingerprint density at radius 1 is 0.343 bits per heavy atom. The lowest BCUT2D eigenvalue weighted by molar-refractivity contribution is 0.279. The molecule has 0 amide bonds. The third-order valence-corrected chi connectivity index (χ3v) is 23.7. The van der Waals surface area contributed by atoms with Crippen LogP contribution in [0.3, 0.4) is 0 Å². The molecule has 0 radical (unpaired) electrons. The molecule has 1 fully saturated rings. The molecule has 0 atom stereocenters. The molecule has 0 saturated heterocycles. The maximum absolute atomic E-state index is 12.5. The van der Waals surface area contributed by atoms with Crippen molar-refractivity contribution in [2.24, 2.45) is 18.9 Å². The second-order valence-corrected chi connectivity index (χ2v) is 40.0. The minimum Gasteiger partial charge on any atom is -0.497 e. The first kappa shape index (κ1) is 119. The van der Waals surface area contributed by atoms with Crippen LogP contribution in [0.2, 0.25) is 5.02 Å². The van der Waals surface area contributed by atoms with Gasteiger partial charge in [-0.2, -0.15) is 25.3 Å². The Labute approximate surface area is 829 Å². The van der Waals surface area contributed by atoms with Crippen molar-refractivity contribution >= 4 is 58.7 Å². The summed E-state index contributed by atoms with van der Waals surface area (Å²) >= 11 is 14.0. The quantitative estimate of drug-likeness (QED) is 0.0666. The van der Waals surface area contributed by atoms with Gasteiger partial charge >= 0.3 is 0 Å². The average molecular weight is 1880 g/mol. The zero-order valence-corrected chi connectivity index (χ0v) is 90.4. The molecular weight excluding hydrogens is 1710 g/mol. The standard InChI is InChI=1S/C12H15N.C11H13N.2C11H16OS.C11H16.2C10H14O.2C10H14.C9H11Cl.C9H10F2.C9H18/c1-9(2)11-8-13(3)12-7-5-4-6-10(11)12;1-8(2)10-7-12-11-6-4-3-5-9(10)11;2*1-9(2)10-4-3-5-11(8-10)12-6-7-13;1-8(2)11-6-9(3)5-10(4)7-11;1-8(2)9-4-6-10(11-3)7-5-9;1-8(2)9-6-4-5-7-10(9)11-3;2*1-8(2)10-6-4-5-9(3)7-10;1-7(2)8-4-3-5-9(10)6-8;1-6(2)7-3-8(10)5-9(11)4-7;1-8(2)9-6-4-3-5-7-9/h4-9H,1-3H3;3-8,12H,1-2H3;2*3-5,8-9,13H,6-7H2,1-2H3;5-8H,1-4H3;2*4-8H,1-3H3;2*4-8H,1-3H3;3-7H,1-2H3;3-6H,1-2H3;8-9H,3-7H2,1-2H3. The molecule has 134 heavy (non-hydrogen) atoms. The number of hydrogen-bond donors (Lipinski definition) is 3. The number of nitrogens with zero attached hydrogens (tertiary/aromatic N) is 1. The van der Waals surface area contributed by atoms with Gasteiger partial charge in [0.2, 0.25) is 0 Å². The molecule has 11 heteroatoms. The van der Waals surface area contributed by atoms with E-state index in [0.717, 1.165) is 57.4 Å². The van der Waals surface area contributed by atoms with Gasteiger partial charge in [0.15, 0.2) is 0 Å². The Kier molecular flexibility index (Phi) is 57.9. The van der Waals surface area contributed by atoms with Crippen LogP contribution in [0.1, 0.15) is 347 Å². The van der Waals surface area contributed by atoms with Gasteiger partial charge in [-0.05, 0) is 245 Å². The number of thiol groups is 2. The Morgan fingerprint density at radius 2 is 0.731 bits per heavy atom. The van der Waals surface area contributed by atoms with Gasteiger partial charge in [0.05, 0.1) is 27.4 Å². The number of H-pyrrole nitrogens is 1. The highest BCUT2D eigenvalue weighted by atomic mass is 35.5. The number of aromatic nitrogens is 2. The molecule has 0 spiro atoms. The minimum absolute atomic E-state index is 0.167. The minimum atomic E-state index is -0.506. The van der Waals surface area contributed by atoms with Crippen LogP contribution in [0.5, 0.6) is 23.0 Å². The van der Waals surface area contributed by atoms with Crippen LogP contribution in [-0.4, -0.2) is 48.5 Å². The van der Waals surface area contributed by atoms with E-state index < -0.39 is 11.6 Å². The average Bonchev–Trinajstić information content (AvgIpc) is 1.65. The first-order chi connectivity index (χ1) is 63.5. The lowest BCUT2D eigenvalue weighted by atomic mass is 9.82. The van der Waals surface area contributed by atoms with Crippen molar-refractivity contribution in [3.05, 3.63) is 367 Å². The molecule has 1 aliphatic carbocycles. The van der Waals surface area contributed by atoms with Gasteiger partial charge in [-0.15, -0.1) is 0 Å². The smallest absolute Gasteiger partial charge is 0.126 e. The van der Waals surface area contributed by atoms with Crippen molar-refractivity contribution in [3.8, 4) is 23.0 Å². The Morgan fingerprint density at radius 3 is 1.11 bits per heavy atom. The number of para-hydroxylation sites is 3. The van der Waals surface area contributed by atoms with Crippen LogP contribution < -0.4 is 18.9 Å². The Hall–Kier alpha value is -9.45. The molecule has 0 bridgehead atoms. The van der Waals surface area contributed by atoms with Crippen LogP contribution in [0.4, 0.5) is 8.78 Å². The summed E-state index contributed by atoms with van der Waals surface area (Å²) in [6, 6.07) is 85.4. The van der Waals surface area contributed by atoms with Crippen molar-refractivity contribution in [1.29, 1.82) is 0 Å². The molecule has 0 unspecified atom stereocenters. The van der Waals surface area contributed by atoms with Gasteiger partial charge in [-0.1, -0.05) is 402 Å². The van der Waals surface area contributed by atoms with E-state index in [2.05, 4.69) is 398 Å². The van der Waals surface area contributed by atoms with Crippen LogP contribution >= 0.6 is 36.9 Å². The molecule has 0 aliphatic heterocycles. The number of aromatic amines is 1. The summed E-state index contributed by atoms with van der Waals surface area (Å²) in [6.45, 7) is 62.4. The number of benzene rings is 11. The topological polar surface area (TPSA) is 57.6 Å². The van der Waals surface area contributed by atoms with Gasteiger partial charge in [-0.3, -0.25) is 0 Å². The van der Waals surface area contributed by atoms with E-state index in [-0.39, 0.29) is 5.92 Å². The number of rotatable bonds is 20. The maximum Gasteiger partial charge on any atom is 0.126 e. The Balaban J connectivity index is 0.000000377. The summed E-state index contributed by atoms with van der Waals surface area (Å²) in [5.74, 6) is 12.4. The van der Waals surface area contributed by atoms with Gasteiger partial charge in [0, 0.05) is 63.8 Å². The van der Waals surface area contributed by atoms with Crippen LogP contribution in [-0.2, 0) is 7.05 Å². The summed E-state index contributed by atoms with van der Waals surface area (Å²) in [4.78, 5) is 3.27. The van der Waals surface area contributed by atoms with E-state index in [9.17, 15) is 8.78 Å². The van der Waals surface area contributed by atoms with Gasteiger partial charge in [-0.25, -0.2) is 8.78 Å². The third kappa shape index (κ3) is 46.9. The molecule has 13 aromatic rings. The number of methoxy groups -OCH3 is 2. The number of fused-ring (bicyclic) bond motifs is 2. The molecular formula is C123H171ClF2N2O4S2. The Bertz CT molecular complexity index is 5050. The molecule has 14 rings (SSSR count). The van der Waals surface area contributed by atoms with Crippen molar-refractivity contribution in [1.82, 2.24) is 9.55 Å². The predicted molar refractivity (Wildman–Crippen MR) is 591 cm³/mol. The highest BCUT2D eigenvalue weighted by Crippen LogP contribution is 2.32. The van der Waals surface area contributed by atoms with Crippen LogP contribution in [0, 0.1) is 51.2 Å². The SMILES string of the molecule is CC(C)C1CCCCC1.CC(C)c1c[nH]c2ccccc12.CC(C)c1cc(F)cc(F)c1.CC(C)c1cccc(Cl)c1.CC(C)c1cccc(OCCS)c1.CC(C)c1cccc(OCCS)c1.CC(C)c1cn(C)c2ccccc12.COc1ccc(C(C)C)cc1.COc1ccccc1C(C)C.Cc1cc(C)cc(C(C)C)c1.Cc1cccc(C(C)C)c1.Cc1cccc(C(C)C)c1. The third-order valence-electron chi connectivity index (χ3n) is 23.1. The largest absolute Gasteiger partial charge is 0.497 e. The van der Waals surface area contributed by atoms with E-state index in [1.165, 1.54) is 144 Å². The zero-order valence-electron chi connectivity index (χ0n) is 87.9.